The van der Waals surface area contributed by atoms with Crippen molar-refractivity contribution in [1.29, 1.82) is 0 Å². The zero-order valence-electron chi connectivity index (χ0n) is 9.77. The Kier molecular flexibility index (Phi) is 3.37. The second kappa shape index (κ2) is 4.94. The van der Waals surface area contributed by atoms with Crippen LogP contribution < -0.4 is 5.32 Å². The average molecular weight is 215 g/mol. The lowest BCUT2D eigenvalue weighted by Gasteiger charge is -2.09. The molecule has 0 spiro atoms. The van der Waals surface area contributed by atoms with Gasteiger partial charge in [0.25, 0.3) is 0 Å². The van der Waals surface area contributed by atoms with Crippen molar-refractivity contribution in [2.24, 2.45) is 0 Å². The average Bonchev–Trinajstić information content (AvgIpc) is 2.81. The largest absolute Gasteiger partial charge is 0.313 e. The van der Waals surface area contributed by atoms with Crippen LogP contribution in [0.3, 0.4) is 0 Å². The summed E-state index contributed by atoms with van der Waals surface area (Å²) in [5.41, 5.74) is 3.77. The van der Waals surface area contributed by atoms with Crippen LogP contribution in [0.2, 0.25) is 0 Å². The van der Waals surface area contributed by atoms with Crippen molar-refractivity contribution in [3.8, 4) is 5.69 Å². The van der Waals surface area contributed by atoms with Gasteiger partial charge in [0.05, 0.1) is 6.33 Å². The van der Waals surface area contributed by atoms with Crippen molar-refractivity contribution >= 4 is 0 Å². The van der Waals surface area contributed by atoms with Crippen LogP contribution in [0.1, 0.15) is 18.1 Å². The van der Waals surface area contributed by atoms with Crippen LogP contribution in [-0.2, 0) is 6.54 Å². The van der Waals surface area contributed by atoms with E-state index in [0.29, 0.717) is 0 Å². The van der Waals surface area contributed by atoms with E-state index in [1.54, 1.807) is 6.20 Å². The molecule has 2 rings (SSSR count). The summed E-state index contributed by atoms with van der Waals surface area (Å²) in [6, 6.07) is 6.53. The predicted octanol–water partition coefficient (Wildman–Crippen LogP) is 2.29. The van der Waals surface area contributed by atoms with E-state index in [1.807, 2.05) is 17.1 Å². The molecule has 3 nitrogen and oxygen atoms in total. The van der Waals surface area contributed by atoms with Crippen LogP contribution in [0, 0.1) is 6.92 Å². The van der Waals surface area contributed by atoms with Gasteiger partial charge in [-0.25, -0.2) is 4.98 Å². The van der Waals surface area contributed by atoms with Crippen molar-refractivity contribution in [3.05, 3.63) is 48.0 Å². The molecule has 0 fully saturated rings. The molecule has 1 N–H and O–H groups in total. The maximum absolute atomic E-state index is 4.08. The van der Waals surface area contributed by atoms with Crippen molar-refractivity contribution in [3.63, 3.8) is 0 Å². The molecule has 0 bridgehead atoms. The monoisotopic (exact) mass is 215 g/mol. The SMILES string of the molecule is CCNCc1ccc(C)c(-n2ccnc2)c1. The lowest BCUT2D eigenvalue weighted by atomic mass is 10.1. The molecule has 0 aliphatic rings. The second-order valence-corrected chi connectivity index (χ2v) is 3.87. The lowest BCUT2D eigenvalue weighted by Crippen LogP contribution is -2.12. The number of benzene rings is 1. The van der Waals surface area contributed by atoms with Crippen LogP contribution in [0.25, 0.3) is 5.69 Å². The Bertz CT molecular complexity index is 446. The lowest BCUT2D eigenvalue weighted by molar-refractivity contribution is 0.726. The van der Waals surface area contributed by atoms with E-state index in [-0.39, 0.29) is 0 Å². The summed E-state index contributed by atoms with van der Waals surface area (Å²) in [5.74, 6) is 0. The summed E-state index contributed by atoms with van der Waals surface area (Å²) in [5, 5.41) is 3.33. The van der Waals surface area contributed by atoms with Crippen molar-refractivity contribution in [1.82, 2.24) is 14.9 Å². The van der Waals surface area contributed by atoms with Gasteiger partial charge in [0.2, 0.25) is 0 Å². The second-order valence-electron chi connectivity index (χ2n) is 3.87. The fraction of sp³-hybridized carbons (Fsp3) is 0.308. The molecule has 3 heteroatoms. The van der Waals surface area contributed by atoms with Crippen LogP contribution in [0.15, 0.2) is 36.9 Å². The highest BCUT2D eigenvalue weighted by Gasteiger charge is 2.01. The Morgan fingerprint density at radius 2 is 2.25 bits per heavy atom. The zero-order chi connectivity index (χ0) is 11.4. The van der Waals surface area contributed by atoms with E-state index in [0.717, 1.165) is 13.1 Å². The van der Waals surface area contributed by atoms with Gasteiger partial charge in [-0.15, -0.1) is 0 Å². The van der Waals surface area contributed by atoms with Crippen LogP contribution in [0.5, 0.6) is 0 Å². The fourth-order valence-corrected chi connectivity index (χ4v) is 1.71. The van der Waals surface area contributed by atoms with Gasteiger partial charge >= 0.3 is 0 Å². The molecule has 0 amide bonds. The Morgan fingerprint density at radius 3 is 2.94 bits per heavy atom. The molecular formula is C13H17N3. The summed E-state index contributed by atoms with van der Waals surface area (Å²) in [6.07, 6.45) is 5.61. The quantitative estimate of drug-likeness (QED) is 0.848. The number of aryl methyl sites for hydroxylation is 1. The van der Waals surface area contributed by atoms with Gasteiger partial charge < -0.3 is 9.88 Å². The molecule has 0 saturated heterocycles. The minimum atomic E-state index is 0.915. The first-order valence-corrected chi connectivity index (χ1v) is 5.60. The van der Waals surface area contributed by atoms with Gasteiger partial charge in [-0.2, -0.15) is 0 Å². The topological polar surface area (TPSA) is 29.9 Å². The molecule has 16 heavy (non-hydrogen) atoms. The third-order valence-electron chi connectivity index (χ3n) is 2.64. The molecule has 1 heterocycles. The molecule has 0 saturated carbocycles. The normalized spacial score (nSPS) is 10.6. The summed E-state index contributed by atoms with van der Waals surface area (Å²) in [6.45, 7) is 6.14. The van der Waals surface area contributed by atoms with Gasteiger partial charge in [-0.05, 0) is 30.7 Å². The molecule has 0 unspecified atom stereocenters. The molecular weight excluding hydrogens is 198 g/mol. The Balaban J connectivity index is 2.30. The first-order valence-electron chi connectivity index (χ1n) is 5.60. The van der Waals surface area contributed by atoms with E-state index in [2.05, 4.69) is 42.3 Å². The third-order valence-corrected chi connectivity index (χ3v) is 2.64. The standard InChI is InChI=1S/C13H17N3/c1-3-14-9-12-5-4-11(2)13(8-12)16-7-6-15-10-16/h4-8,10,14H,3,9H2,1-2H3. The number of nitrogens with zero attached hydrogens (tertiary/aromatic N) is 2. The highest BCUT2D eigenvalue weighted by Crippen LogP contribution is 2.15. The third kappa shape index (κ3) is 2.31. The minimum Gasteiger partial charge on any atom is -0.313 e. The number of hydrogen-bond donors (Lipinski definition) is 1. The number of hydrogen-bond acceptors (Lipinski definition) is 2. The van der Waals surface area contributed by atoms with E-state index in [9.17, 15) is 0 Å². The smallest absolute Gasteiger partial charge is 0.0991 e. The molecule has 0 aliphatic heterocycles. The van der Waals surface area contributed by atoms with E-state index >= 15 is 0 Å². The fourth-order valence-electron chi connectivity index (χ4n) is 1.71. The maximum atomic E-state index is 4.08. The maximum Gasteiger partial charge on any atom is 0.0991 e. The van der Waals surface area contributed by atoms with Gasteiger partial charge in [-0.3, -0.25) is 0 Å². The van der Waals surface area contributed by atoms with Crippen LogP contribution >= 0.6 is 0 Å². The summed E-state index contributed by atoms with van der Waals surface area (Å²) in [4.78, 5) is 4.08. The van der Waals surface area contributed by atoms with Crippen LogP contribution in [-0.4, -0.2) is 16.1 Å². The Hall–Kier alpha value is -1.61. The number of rotatable bonds is 4. The van der Waals surface area contributed by atoms with Crippen LogP contribution in [0.4, 0.5) is 0 Å². The molecule has 84 valence electrons. The first kappa shape index (κ1) is 10.9. The van der Waals surface area contributed by atoms with E-state index in [1.165, 1.54) is 16.8 Å². The summed E-state index contributed by atoms with van der Waals surface area (Å²) >= 11 is 0. The van der Waals surface area contributed by atoms with Gasteiger partial charge in [0, 0.05) is 24.6 Å². The highest BCUT2D eigenvalue weighted by atomic mass is 15.0. The molecule has 0 radical (unpaired) electrons. The van der Waals surface area contributed by atoms with Crippen molar-refractivity contribution < 1.29 is 0 Å². The number of aromatic nitrogens is 2. The zero-order valence-corrected chi connectivity index (χ0v) is 9.77. The van der Waals surface area contributed by atoms with E-state index in [4.69, 9.17) is 0 Å². The predicted molar refractivity (Wildman–Crippen MR) is 65.7 cm³/mol. The van der Waals surface area contributed by atoms with Crippen molar-refractivity contribution in [2.45, 2.75) is 20.4 Å². The number of imidazole rings is 1. The molecule has 1 aromatic carbocycles. The molecule has 2 aromatic rings. The summed E-state index contributed by atoms with van der Waals surface area (Å²) < 4.78 is 2.05. The Labute approximate surface area is 96.1 Å². The number of nitrogens with one attached hydrogen (secondary N) is 1. The van der Waals surface area contributed by atoms with Gasteiger partial charge in [0.1, 0.15) is 0 Å². The Morgan fingerprint density at radius 1 is 1.38 bits per heavy atom. The molecule has 0 aliphatic carbocycles. The molecule has 0 atom stereocenters. The van der Waals surface area contributed by atoms with Gasteiger partial charge in [-0.1, -0.05) is 19.1 Å². The van der Waals surface area contributed by atoms with Gasteiger partial charge in [0.15, 0.2) is 0 Å². The minimum absolute atomic E-state index is 0.915. The highest BCUT2D eigenvalue weighted by molar-refractivity contribution is 5.43. The first-order chi connectivity index (χ1) is 7.81. The molecule has 1 aromatic heterocycles. The van der Waals surface area contributed by atoms with Crippen molar-refractivity contribution in [2.75, 3.05) is 6.54 Å². The van der Waals surface area contributed by atoms with E-state index < -0.39 is 0 Å². The summed E-state index contributed by atoms with van der Waals surface area (Å²) in [7, 11) is 0.